The second-order valence-corrected chi connectivity index (χ2v) is 4.48. The van der Waals surface area contributed by atoms with Crippen molar-refractivity contribution < 1.29 is 9.90 Å². The number of aryl methyl sites for hydroxylation is 1. The minimum Gasteiger partial charge on any atom is -0.481 e. The second-order valence-electron chi connectivity index (χ2n) is 3.23. The first-order chi connectivity index (χ1) is 7.09. The van der Waals surface area contributed by atoms with E-state index in [0.717, 1.165) is 3.57 Å². The van der Waals surface area contributed by atoms with Crippen molar-refractivity contribution in [1.29, 1.82) is 0 Å². The van der Waals surface area contributed by atoms with E-state index in [1.807, 2.05) is 0 Å². The van der Waals surface area contributed by atoms with Gasteiger partial charge in [-0.15, -0.1) is 0 Å². The molecule has 1 rings (SSSR count). The molecule has 0 aliphatic carbocycles. The minimum absolute atomic E-state index is 0.0364. The largest absolute Gasteiger partial charge is 0.481 e. The normalized spacial score (nSPS) is 10.2. The first-order valence-corrected chi connectivity index (χ1v) is 5.75. The van der Waals surface area contributed by atoms with Gasteiger partial charge < -0.3 is 9.67 Å². The number of aromatic nitrogens is 1. The van der Waals surface area contributed by atoms with Crippen LogP contribution in [0.2, 0.25) is 0 Å². The Balaban J connectivity index is 2.47. The summed E-state index contributed by atoms with van der Waals surface area (Å²) in [5.41, 5.74) is -0.0364. The number of unbranched alkanes of at least 4 members (excludes halogenated alkanes) is 1. The van der Waals surface area contributed by atoms with E-state index in [1.54, 1.807) is 16.8 Å². The highest BCUT2D eigenvalue weighted by Gasteiger charge is 1.99. The fourth-order valence-electron chi connectivity index (χ4n) is 1.24. The number of rotatable bonds is 5. The van der Waals surface area contributed by atoms with Crippen molar-refractivity contribution in [3.63, 3.8) is 0 Å². The number of halogens is 1. The number of nitrogens with zero attached hydrogens (tertiary/aromatic N) is 1. The average molecular weight is 321 g/mol. The second kappa shape index (κ2) is 5.89. The van der Waals surface area contributed by atoms with E-state index in [-0.39, 0.29) is 12.0 Å². The van der Waals surface area contributed by atoms with E-state index in [9.17, 15) is 9.59 Å². The van der Waals surface area contributed by atoms with Gasteiger partial charge in [-0.3, -0.25) is 9.59 Å². The zero-order chi connectivity index (χ0) is 11.3. The summed E-state index contributed by atoms with van der Waals surface area (Å²) in [6.07, 6.45) is 3.27. The SMILES string of the molecule is O=C(O)CCCCn1cc(I)ccc1=O. The predicted octanol–water partition coefficient (Wildman–Crippen LogP) is 1.71. The number of aliphatic carboxylic acids is 1. The zero-order valence-electron chi connectivity index (χ0n) is 8.15. The number of carboxylic acids is 1. The number of carboxylic acid groups (broad SMARTS) is 1. The topological polar surface area (TPSA) is 59.3 Å². The van der Waals surface area contributed by atoms with Crippen molar-refractivity contribution in [3.8, 4) is 0 Å². The maximum absolute atomic E-state index is 11.3. The Kier molecular flexibility index (Phi) is 4.80. The van der Waals surface area contributed by atoms with Crippen LogP contribution in [-0.2, 0) is 11.3 Å². The average Bonchev–Trinajstić information content (AvgIpc) is 2.17. The van der Waals surface area contributed by atoms with Gasteiger partial charge in [-0.1, -0.05) is 0 Å². The Morgan fingerprint density at radius 1 is 1.40 bits per heavy atom. The molecule has 82 valence electrons. The van der Waals surface area contributed by atoms with Crippen molar-refractivity contribution in [2.24, 2.45) is 0 Å². The molecule has 0 amide bonds. The fourth-order valence-corrected chi connectivity index (χ4v) is 1.75. The molecule has 1 N–H and O–H groups in total. The Bertz CT molecular complexity index is 400. The molecule has 0 spiro atoms. The summed E-state index contributed by atoms with van der Waals surface area (Å²) in [6.45, 7) is 0.586. The first kappa shape index (κ1) is 12.2. The molecule has 4 nitrogen and oxygen atoms in total. The molecule has 1 heterocycles. The van der Waals surface area contributed by atoms with Crippen molar-refractivity contribution in [3.05, 3.63) is 32.3 Å². The lowest BCUT2D eigenvalue weighted by Crippen LogP contribution is -2.18. The minimum atomic E-state index is -0.787. The summed E-state index contributed by atoms with van der Waals surface area (Å²) in [6, 6.07) is 3.29. The van der Waals surface area contributed by atoms with Gasteiger partial charge in [0.1, 0.15) is 0 Å². The fraction of sp³-hybridized carbons (Fsp3) is 0.400. The third kappa shape index (κ3) is 4.46. The van der Waals surface area contributed by atoms with Crippen LogP contribution in [0.1, 0.15) is 19.3 Å². The van der Waals surface area contributed by atoms with E-state index in [4.69, 9.17) is 5.11 Å². The van der Waals surface area contributed by atoms with Gasteiger partial charge in [-0.25, -0.2) is 0 Å². The van der Waals surface area contributed by atoms with Crippen LogP contribution in [0.25, 0.3) is 0 Å². The van der Waals surface area contributed by atoms with Crippen LogP contribution < -0.4 is 5.56 Å². The standard InChI is InChI=1S/C10H12INO3/c11-8-4-5-9(13)12(7-8)6-2-1-3-10(14)15/h4-5,7H,1-3,6H2,(H,14,15). The van der Waals surface area contributed by atoms with Crippen LogP contribution in [0.15, 0.2) is 23.1 Å². The maximum Gasteiger partial charge on any atom is 0.303 e. The molecule has 0 atom stereocenters. The van der Waals surface area contributed by atoms with E-state index >= 15 is 0 Å². The summed E-state index contributed by atoms with van der Waals surface area (Å²) >= 11 is 2.14. The van der Waals surface area contributed by atoms with E-state index in [1.165, 1.54) is 6.07 Å². The molecule has 0 fully saturated rings. The Hall–Kier alpha value is -0.850. The molecular formula is C10H12INO3. The third-order valence-corrected chi connectivity index (χ3v) is 2.63. The molecule has 0 unspecified atom stereocenters. The Morgan fingerprint density at radius 3 is 2.80 bits per heavy atom. The highest BCUT2D eigenvalue weighted by Crippen LogP contribution is 2.02. The third-order valence-electron chi connectivity index (χ3n) is 1.99. The van der Waals surface area contributed by atoms with Gasteiger partial charge in [0, 0.05) is 28.8 Å². The van der Waals surface area contributed by atoms with Crippen molar-refractivity contribution in [1.82, 2.24) is 4.57 Å². The van der Waals surface area contributed by atoms with Crippen LogP contribution in [0, 0.1) is 3.57 Å². The number of hydrogen-bond donors (Lipinski definition) is 1. The molecular weight excluding hydrogens is 309 g/mol. The monoisotopic (exact) mass is 321 g/mol. The lowest BCUT2D eigenvalue weighted by Gasteiger charge is -2.04. The van der Waals surface area contributed by atoms with Gasteiger partial charge in [0.15, 0.2) is 0 Å². The smallest absolute Gasteiger partial charge is 0.303 e. The molecule has 0 saturated heterocycles. The maximum atomic E-state index is 11.3. The molecule has 1 aromatic rings. The number of hydrogen-bond acceptors (Lipinski definition) is 2. The molecule has 15 heavy (non-hydrogen) atoms. The molecule has 0 aromatic carbocycles. The van der Waals surface area contributed by atoms with Gasteiger partial charge in [0.2, 0.25) is 0 Å². The van der Waals surface area contributed by atoms with Gasteiger partial charge >= 0.3 is 5.97 Å². The summed E-state index contributed by atoms with van der Waals surface area (Å²) in [4.78, 5) is 21.6. The van der Waals surface area contributed by atoms with Crippen LogP contribution in [0.3, 0.4) is 0 Å². The molecule has 0 bridgehead atoms. The van der Waals surface area contributed by atoms with Gasteiger partial charge in [-0.2, -0.15) is 0 Å². The molecule has 1 aromatic heterocycles. The van der Waals surface area contributed by atoms with Crippen LogP contribution in [0.5, 0.6) is 0 Å². The molecule has 5 heteroatoms. The van der Waals surface area contributed by atoms with E-state index < -0.39 is 5.97 Å². The predicted molar refractivity (Wildman–Crippen MR) is 64.9 cm³/mol. The molecule has 0 aliphatic rings. The van der Waals surface area contributed by atoms with Gasteiger partial charge in [0.25, 0.3) is 5.56 Å². The summed E-state index contributed by atoms with van der Waals surface area (Å²) in [5, 5.41) is 8.44. The quantitative estimate of drug-likeness (QED) is 0.663. The first-order valence-electron chi connectivity index (χ1n) is 4.67. The Labute approximate surface area is 101 Å². The lowest BCUT2D eigenvalue weighted by molar-refractivity contribution is -0.137. The summed E-state index contributed by atoms with van der Waals surface area (Å²) in [7, 11) is 0. The van der Waals surface area contributed by atoms with Crippen molar-refractivity contribution in [2.75, 3.05) is 0 Å². The van der Waals surface area contributed by atoms with Gasteiger partial charge in [-0.05, 0) is 41.5 Å². The summed E-state index contributed by atoms with van der Waals surface area (Å²) in [5.74, 6) is -0.787. The van der Waals surface area contributed by atoms with E-state index in [2.05, 4.69) is 22.6 Å². The van der Waals surface area contributed by atoms with Crippen molar-refractivity contribution >= 4 is 28.6 Å². The number of carbonyl (C=O) groups is 1. The highest BCUT2D eigenvalue weighted by atomic mass is 127. The lowest BCUT2D eigenvalue weighted by atomic mass is 10.2. The highest BCUT2D eigenvalue weighted by molar-refractivity contribution is 14.1. The Morgan fingerprint density at radius 2 is 2.13 bits per heavy atom. The van der Waals surface area contributed by atoms with Crippen LogP contribution in [-0.4, -0.2) is 15.6 Å². The van der Waals surface area contributed by atoms with Gasteiger partial charge in [0.05, 0.1) is 0 Å². The summed E-state index contributed by atoms with van der Waals surface area (Å²) < 4.78 is 2.62. The zero-order valence-corrected chi connectivity index (χ0v) is 10.3. The molecule has 0 aliphatic heterocycles. The van der Waals surface area contributed by atoms with Crippen LogP contribution >= 0.6 is 22.6 Å². The number of pyridine rings is 1. The van der Waals surface area contributed by atoms with Crippen molar-refractivity contribution in [2.45, 2.75) is 25.8 Å². The molecule has 0 saturated carbocycles. The van der Waals surface area contributed by atoms with Crippen LogP contribution in [0.4, 0.5) is 0 Å². The molecule has 0 radical (unpaired) electrons. The van der Waals surface area contributed by atoms with E-state index in [0.29, 0.717) is 19.4 Å².